The third-order valence-corrected chi connectivity index (χ3v) is 4.10. The number of nitrogens with zero attached hydrogens (tertiary/aromatic N) is 3. The first-order valence-electron chi connectivity index (χ1n) is 5.28. The number of hydrogen-bond acceptors (Lipinski definition) is 5. The smallest absolute Gasteiger partial charge is 0.266 e. The molecule has 2 rings (SSSR count). The lowest BCUT2D eigenvalue weighted by Gasteiger charge is -2.10. The van der Waals surface area contributed by atoms with Crippen molar-refractivity contribution in [2.45, 2.75) is 4.90 Å². The fraction of sp³-hybridized carbons (Fsp3) is 0.200. The van der Waals surface area contributed by atoms with Crippen LogP contribution in [0.15, 0.2) is 33.9 Å². The summed E-state index contributed by atoms with van der Waals surface area (Å²) in [6.45, 7) is 0. The maximum Gasteiger partial charge on any atom is 0.266 e. The van der Waals surface area contributed by atoms with E-state index >= 15 is 0 Å². The number of aromatic nitrogens is 3. The molecule has 2 aromatic rings. The average Bonchev–Trinajstić information content (AvgIpc) is 2.74. The van der Waals surface area contributed by atoms with Crippen molar-refractivity contribution >= 4 is 37.6 Å². The van der Waals surface area contributed by atoms with E-state index in [1.165, 1.54) is 16.9 Å². The predicted octanol–water partition coefficient (Wildman–Crippen LogP) is 1.42. The molecule has 2 aromatic heterocycles. The van der Waals surface area contributed by atoms with E-state index in [4.69, 9.17) is 0 Å². The Morgan fingerprint density at radius 1 is 1.42 bits per heavy atom. The van der Waals surface area contributed by atoms with E-state index in [-0.39, 0.29) is 16.5 Å². The standard InChI is InChI=1S/C10H12BrN5O2S/c1-12-10-8(5-7(11)6-13-10)19(17,18)15-9-3-4-16(2)14-9/h3-6H,1-2H3,(H,12,13)(H,14,15). The lowest BCUT2D eigenvalue weighted by atomic mass is 10.4. The van der Waals surface area contributed by atoms with Gasteiger partial charge in [-0.15, -0.1) is 0 Å². The number of rotatable bonds is 4. The lowest BCUT2D eigenvalue weighted by Crippen LogP contribution is -2.16. The molecule has 0 aromatic carbocycles. The molecular formula is C10H12BrN5O2S. The summed E-state index contributed by atoms with van der Waals surface area (Å²) < 4.78 is 29.0. The van der Waals surface area contributed by atoms with Crippen molar-refractivity contribution in [3.8, 4) is 0 Å². The van der Waals surface area contributed by atoms with Crippen LogP contribution in [0.2, 0.25) is 0 Å². The summed E-state index contributed by atoms with van der Waals surface area (Å²) in [4.78, 5) is 4.06. The molecule has 0 spiro atoms. The second-order valence-electron chi connectivity index (χ2n) is 3.73. The fourth-order valence-electron chi connectivity index (χ4n) is 1.48. The normalized spacial score (nSPS) is 11.3. The number of sulfonamides is 1. The highest BCUT2D eigenvalue weighted by Crippen LogP contribution is 2.24. The molecule has 7 nitrogen and oxygen atoms in total. The lowest BCUT2D eigenvalue weighted by molar-refractivity contribution is 0.600. The highest BCUT2D eigenvalue weighted by molar-refractivity contribution is 9.10. The number of aryl methyl sites for hydroxylation is 1. The number of nitrogens with one attached hydrogen (secondary N) is 2. The van der Waals surface area contributed by atoms with Crippen molar-refractivity contribution in [1.82, 2.24) is 14.8 Å². The van der Waals surface area contributed by atoms with Gasteiger partial charge in [-0.1, -0.05) is 0 Å². The zero-order valence-corrected chi connectivity index (χ0v) is 12.7. The molecule has 2 N–H and O–H groups in total. The van der Waals surface area contributed by atoms with Gasteiger partial charge in [0.1, 0.15) is 10.7 Å². The molecular weight excluding hydrogens is 334 g/mol. The largest absolute Gasteiger partial charge is 0.372 e. The maximum absolute atomic E-state index is 12.3. The Balaban J connectivity index is 2.41. The van der Waals surface area contributed by atoms with E-state index in [0.29, 0.717) is 4.47 Å². The highest BCUT2D eigenvalue weighted by atomic mass is 79.9. The van der Waals surface area contributed by atoms with Crippen LogP contribution in [0.4, 0.5) is 11.6 Å². The topological polar surface area (TPSA) is 88.9 Å². The predicted molar refractivity (Wildman–Crippen MR) is 75.5 cm³/mol. The molecule has 0 radical (unpaired) electrons. The van der Waals surface area contributed by atoms with Gasteiger partial charge < -0.3 is 5.32 Å². The molecule has 9 heteroatoms. The fourth-order valence-corrected chi connectivity index (χ4v) is 3.14. The van der Waals surface area contributed by atoms with Crippen LogP contribution in [0.5, 0.6) is 0 Å². The summed E-state index contributed by atoms with van der Waals surface area (Å²) in [6.07, 6.45) is 3.17. The molecule has 2 heterocycles. The number of hydrogen-bond donors (Lipinski definition) is 2. The van der Waals surface area contributed by atoms with Crippen LogP contribution in [0.3, 0.4) is 0 Å². The minimum absolute atomic E-state index is 0.0510. The van der Waals surface area contributed by atoms with E-state index < -0.39 is 10.0 Å². The third-order valence-electron chi connectivity index (χ3n) is 2.30. The van der Waals surface area contributed by atoms with Crippen LogP contribution < -0.4 is 10.0 Å². The highest BCUT2D eigenvalue weighted by Gasteiger charge is 2.20. The van der Waals surface area contributed by atoms with Gasteiger partial charge in [0.15, 0.2) is 5.82 Å². The summed E-state index contributed by atoms with van der Waals surface area (Å²) in [5, 5.41) is 6.72. The number of pyridine rings is 1. The van der Waals surface area contributed by atoms with Gasteiger partial charge in [0.05, 0.1) is 0 Å². The van der Waals surface area contributed by atoms with Gasteiger partial charge in [-0.2, -0.15) is 5.10 Å². The Labute approximate surface area is 119 Å². The van der Waals surface area contributed by atoms with E-state index in [1.807, 2.05) is 0 Å². The summed E-state index contributed by atoms with van der Waals surface area (Å²) >= 11 is 3.21. The third kappa shape index (κ3) is 3.04. The molecule has 0 aliphatic heterocycles. The zero-order chi connectivity index (χ0) is 14.0. The first kappa shape index (κ1) is 13.8. The van der Waals surface area contributed by atoms with Crippen LogP contribution in [0.25, 0.3) is 0 Å². The van der Waals surface area contributed by atoms with E-state index in [0.717, 1.165) is 0 Å². The first-order valence-corrected chi connectivity index (χ1v) is 7.56. The maximum atomic E-state index is 12.3. The summed E-state index contributed by atoms with van der Waals surface area (Å²) in [5.74, 6) is 0.524. The van der Waals surface area contributed by atoms with Gasteiger partial charge in [0.2, 0.25) is 0 Å². The molecule has 0 atom stereocenters. The summed E-state index contributed by atoms with van der Waals surface area (Å²) in [5.41, 5.74) is 0. The van der Waals surface area contributed by atoms with Crippen molar-refractivity contribution in [2.75, 3.05) is 17.1 Å². The van der Waals surface area contributed by atoms with Gasteiger partial charge >= 0.3 is 0 Å². The quantitative estimate of drug-likeness (QED) is 0.874. The Morgan fingerprint density at radius 3 is 2.74 bits per heavy atom. The Kier molecular flexibility index (Phi) is 3.76. The average molecular weight is 346 g/mol. The monoisotopic (exact) mass is 345 g/mol. The summed E-state index contributed by atoms with van der Waals surface area (Å²) in [6, 6.07) is 3.05. The number of halogens is 1. The van der Waals surface area contributed by atoms with Crippen LogP contribution in [-0.4, -0.2) is 30.2 Å². The minimum atomic E-state index is -3.75. The molecule has 0 unspecified atom stereocenters. The van der Waals surface area contributed by atoms with Gasteiger partial charge in [0.25, 0.3) is 10.0 Å². The van der Waals surface area contributed by atoms with E-state index in [2.05, 4.69) is 36.1 Å². The van der Waals surface area contributed by atoms with Gasteiger partial charge in [-0.25, -0.2) is 13.4 Å². The minimum Gasteiger partial charge on any atom is -0.372 e. The van der Waals surface area contributed by atoms with E-state index in [1.54, 1.807) is 26.4 Å². The molecule has 0 saturated heterocycles. The molecule has 102 valence electrons. The van der Waals surface area contributed by atoms with Crippen molar-refractivity contribution in [3.63, 3.8) is 0 Å². The van der Waals surface area contributed by atoms with Crippen molar-refractivity contribution in [1.29, 1.82) is 0 Å². The Hall–Kier alpha value is -1.61. The van der Waals surface area contributed by atoms with Crippen molar-refractivity contribution in [3.05, 3.63) is 29.0 Å². The summed E-state index contributed by atoms with van der Waals surface area (Å²) in [7, 11) is -0.433. The molecule has 0 amide bonds. The van der Waals surface area contributed by atoms with Crippen LogP contribution in [0.1, 0.15) is 0 Å². The molecule has 19 heavy (non-hydrogen) atoms. The van der Waals surface area contributed by atoms with E-state index in [9.17, 15) is 8.42 Å². The van der Waals surface area contributed by atoms with Gasteiger partial charge in [0, 0.05) is 37.0 Å². The molecule has 0 fully saturated rings. The van der Waals surface area contributed by atoms with Crippen LogP contribution in [-0.2, 0) is 17.1 Å². The molecule has 0 aliphatic carbocycles. The first-order chi connectivity index (χ1) is 8.92. The Bertz CT molecular complexity index is 698. The number of anilines is 2. The molecule has 0 aliphatic rings. The van der Waals surface area contributed by atoms with Crippen molar-refractivity contribution < 1.29 is 8.42 Å². The second-order valence-corrected chi connectivity index (χ2v) is 6.30. The zero-order valence-electron chi connectivity index (χ0n) is 10.3. The van der Waals surface area contributed by atoms with Gasteiger partial charge in [-0.05, 0) is 22.0 Å². The molecule has 0 bridgehead atoms. The second kappa shape index (κ2) is 5.17. The molecule has 0 saturated carbocycles. The SMILES string of the molecule is CNc1ncc(Br)cc1S(=O)(=O)Nc1ccn(C)n1. The van der Waals surface area contributed by atoms with Crippen molar-refractivity contribution in [2.24, 2.45) is 7.05 Å². The van der Waals surface area contributed by atoms with Crippen LogP contribution >= 0.6 is 15.9 Å². The van der Waals surface area contributed by atoms with Gasteiger partial charge in [-0.3, -0.25) is 9.40 Å². The Morgan fingerprint density at radius 2 is 2.16 bits per heavy atom. The van der Waals surface area contributed by atoms with Crippen LogP contribution in [0, 0.1) is 0 Å².